The lowest BCUT2D eigenvalue weighted by atomic mass is 10.2. The molecule has 3 aromatic rings. The largest absolute Gasteiger partial charge is 0.493 e. The SMILES string of the molecule is COc1cc(CNCCSc2nnnn2C)c(Br)cc1OCc1ccc(Cl)cc1Cl. The Morgan fingerprint density at radius 1 is 1.17 bits per heavy atom. The van der Waals surface area contributed by atoms with Crippen molar-refractivity contribution in [1.82, 2.24) is 25.5 Å². The van der Waals surface area contributed by atoms with Crippen molar-refractivity contribution in [3.05, 3.63) is 56.0 Å². The Bertz CT molecular complexity index is 1010. The highest BCUT2D eigenvalue weighted by atomic mass is 79.9. The van der Waals surface area contributed by atoms with Crippen LogP contribution in [0.15, 0.2) is 40.0 Å². The number of nitrogens with zero attached hydrogens (tertiary/aromatic N) is 4. The summed E-state index contributed by atoms with van der Waals surface area (Å²) in [6, 6.07) is 9.19. The molecule has 0 aliphatic heterocycles. The Hall–Kier alpha value is -1.52. The Balaban J connectivity index is 1.55. The molecule has 160 valence electrons. The molecule has 1 N–H and O–H groups in total. The molecule has 1 aromatic heterocycles. The fraction of sp³-hybridized carbons (Fsp3) is 0.316. The van der Waals surface area contributed by atoms with Crippen molar-refractivity contribution in [2.75, 3.05) is 19.4 Å². The van der Waals surface area contributed by atoms with Crippen molar-refractivity contribution in [2.24, 2.45) is 7.05 Å². The van der Waals surface area contributed by atoms with Crippen LogP contribution in [0.3, 0.4) is 0 Å². The van der Waals surface area contributed by atoms with Crippen LogP contribution in [0.5, 0.6) is 11.5 Å². The second-order valence-corrected chi connectivity index (χ2v) is 8.99. The highest BCUT2D eigenvalue weighted by molar-refractivity contribution is 9.10. The summed E-state index contributed by atoms with van der Waals surface area (Å²) in [5.74, 6) is 2.13. The number of nitrogens with one attached hydrogen (secondary N) is 1. The second kappa shape index (κ2) is 11.2. The van der Waals surface area contributed by atoms with Crippen molar-refractivity contribution in [1.29, 1.82) is 0 Å². The van der Waals surface area contributed by atoms with E-state index < -0.39 is 0 Å². The number of aromatic nitrogens is 4. The van der Waals surface area contributed by atoms with Gasteiger partial charge in [-0.25, -0.2) is 4.68 Å². The topological polar surface area (TPSA) is 74.1 Å². The van der Waals surface area contributed by atoms with E-state index in [4.69, 9.17) is 32.7 Å². The van der Waals surface area contributed by atoms with E-state index in [-0.39, 0.29) is 0 Å². The third-order valence-electron chi connectivity index (χ3n) is 4.14. The lowest BCUT2D eigenvalue weighted by Gasteiger charge is -2.15. The molecule has 0 fully saturated rings. The zero-order chi connectivity index (χ0) is 21.5. The van der Waals surface area contributed by atoms with Crippen molar-refractivity contribution in [2.45, 2.75) is 18.3 Å². The average molecular weight is 533 g/mol. The van der Waals surface area contributed by atoms with Crippen LogP contribution >= 0.6 is 50.9 Å². The maximum Gasteiger partial charge on any atom is 0.209 e. The van der Waals surface area contributed by atoms with E-state index in [0.29, 0.717) is 34.7 Å². The molecule has 3 rings (SSSR count). The third-order valence-corrected chi connectivity index (χ3v) is 6.48. The summed E-state index contributed by atoms with van der Waals surface area (Å²) in [6.07, 6.45) is 0. The van der Waals surface area contributed by atoms with E-state index in [1.165, 1.54) is 0 Å². The number of ether oxygens (including phenoxy) is 2. The number of hydrogen-bond acceptors (Lipinski definition) is 7. The maximum absolute atomic E-state index is 6.22. The normalized spacial score (nSPS) is 11.0. The molecule has 2 aromatic carbocycles. The molecule has 0 aliphatic carbocycles. The van der Waals surface area contributed by atoms with Gasteiger partial charge in [0.05, 0.1) is 7.11 Å². The highest BCUT2D eigenvalue weighted by Gasteiger charge is 2.12. The minimum Gasteiger partial charge on any atom is -0.493 e. The minimum absolute atomic E-state index is 0.310. The lowest BCUT2D eigenvalue weighted by Crippen LogP contribution is -2.17. The Kier molecular flexibility index (Phi) is 8.64. The standard InChI is InChI=1S/C19H20BrCl2N5O2S/c1-27-19(24-25-26-27)30-6-5-23-10-13-7-17(28-2)18(9-15(13)20)29-11-12-3-4-14(21)8-16(12)22/h3-4,7-9,23H,5-6,10-11H2,1-2H3. The first-order valence-corrected chi connectivity index (χ1v) is 11.5. The van der Waals surface area contributed by atoms with Crippen LogP contribution < -0.4 is 14.8 Å². The van der Waals surface area contributed by atoms with E-state index in [1.807, 2.05) is 25.2 Å². The molecule has 0 spiro atoms. The highest BCUT2D eigenvalue weighted by Crippen LogP contribution is 2.34. The fourth-order valence-corrected chi connectivity index (χ4v) is 4.23. The Morgan fingerprint density at radius 3 is 2.70 bits per heavy atom. The molecule has 1 heterocycles. The molecular weight excluding hydrogens is 513 g/mol. The molecule has 30 heavy (non-hydrogen) atoms. The number of halogens is 3. The summed E-state index contributed by atoms with van der Waals surface area (Å²) in [7, 11) is 3.44. The first-order valence-electron chi connectivity index (χ1n) is 8.97. The van der Waals surface area contributed by atoms with Gasteiger partial charge in [-0.1, -0.05) is 57.0 Å². The van der Waals surface area contributed by atoms with Gasteiger partial charge in [0.25, 0.3) is 0 Å². The first kappa shape index (κ1) is 23.1. The van der Waals surface area contributed by atoms with Crippen LogP contribution in [0.25, 0.3) is 0 Å². The Labute approximate surface area is 197 Å². The van der Waals surface area contributed by atoms with Crippen LogP contribution in [0.1, 0.15) is 11.1 Å². The second-order valence-electron chi connectivity index (χ2n) is 6.23. The maximum atomic E-state index is 6.22. The van der Waals surface area contributed by atoms with E-state index in [2.05, 4.69) is 36.8 Å². The van der Waals surface area contributed by atoms with E-state index in [0.717, 1.165) is 33.1 Å². The molecule has 0 saturated heterocycles. The summed E-state index contributed by atoms with van der Waals surface area (Å²) in [5.41, 5.74) is 1.91. The summed E-state index contributed by atoms with van der Waals surface area (Å²) in [6.45, 7) is 1.79. The van der Waals surface area contributed by atoms with Gasteiger partial charge in [-0.2, -0.15) is 0 Å². The summed E-state index contributed by atoms with van der Waals surface area (Å²) in [4.78, 5) is 0. The monoisotopic (exact) mass is 531 g/mol. The molecule has 7 nitrogen and oxygen atoms in total. The number of thioether (sulfide) groups is 1. The third kappa shape index (κ3) is 6.24. The predicted octanol–water partition coefficient (Wildman–Crippen LogP) is 4.75. The van der Waals surface area contributed by atoms with Gasteiger partial charge < -0.3 is 14.8 Å². The smallest absolute Gasteiger partial charge is 0.209 e. The quantitative estimate of drug-likeness (QED) is 0.298. The molecule has 0 amide bonds. The molecule has 0 atom stereocenters. The van der Waals surface area contributed by atoms with Crippen LogP contribution in [0.4, 0.5) is 0 Å². The van der Waals surface area contributed by atoms with Crippen LogP contribution in [0, 0.1) is 0 Å². The zero-order valence-corrected chi connectivity index (χ0v) is 20.3. The van der Waals surface area contributed by atoms with Gasteiger partial charge in [0.15, 0.2) is 11.5 Å². The van der Waals surface area contributed by atoms with Crippen molar-refractivity contribution < 1.29 is 9.47 Å². The number of hydrogen-bond donors (Lipinski definition) is 1. The molecular formula is C19H20BrCl2N5O2S. The number of rotatable bonds is 10. The van der Waals surface area contributed by atoms with Gasteiger partial charge in [-0.3, -0.25) is 0 Å². The summed E-state index contributed by atoms with van der Waals surface area (Å²) >= 11 is 17.4. The molecule has 0 unspecified atom stereocenters. The summed E-state index contributed by atoms with van der Waals surface area (Å²) in [5, 5.41) is 16.8. The molecule has 0 radical (unpaired) electrons. The lowest BCUT2D eigenvalue weighted by molar-refractivity contribution is 0.284. The van der Waals surface area contributed by atoms with Crippen molar-refractivity contribution in [3.8, 4) is 11.5 Å². The zero-order valence-electron chi connectivity index (χ0n) is 16.4. The Morgan fingerprint density at radius 2 is 2.00 bits per heavy atom. The van der Waals surface area contributed by atoms with E-state index in [1.54, 1.807) is 35.7 Å². The van der Waals surface area contributed by atoms with Crippen LogP contribution in [-0.4, -0.2) is 39.6 Å². The van der Waals surface area contributed by atoms with Gasteiger partial charge in [-0.05, 0) is 40.3 Å². The predicted molar refractivity (Wildman–Crippen MR) is 123 cm³/mol. The number of methoxy groups -OCH3 is 1. The van der Waals surface area contributed by atoms with Crippen molar-refractivity contribution in [3.63, 3.8) is 0 Å². The first-order chi connectivity index (χ1) is 14.5. The van der Waals surface area contributed by atoms with Gasteiger partial charge in [-0.15, -0.1) is 5.10 Å². The fourth-order valence-electron chi connectivity index (χ4n) is 2.56. The molecule has 11 heteroatoms. The van der Waals surface area contributed by atoms with Crippen LogP contribution in [-0.2, 0) is 20.2 Å². The van der Waals surface area contributed by atoms with Gasteiger partial charge in [0.2, 0.25) is 5.16 Å². The van der Waals surface area contributed by atoms with Gasteiger partial charge >= 0.3 is 0 Å². The molecule has 0 bridgehead atoms. The summed E-state index contributed by atoms with van der Waals surface area (Å²) < 4.78 is 14.0. The van der Waals surface area contributed by atoms with Gasteiger partial charge in [0.1, 0.15) is 6.61 Å². The molecule has 0 saturated carbocycles. The number of tetrazole rings is 1. The number of aryl methyl sites for hydroxylation is 1. The van der Waals surface area contributed by atoms with Crippen molar-refractivity contribution >= 4 is 50.9 Å². The average Bonchev–Trinajstić information content (AvgIpc) is 3.13. The molecule has 0 aliphatic rings. The number of benzene rings is 2. The van der Waals surface area contributed by atoms with Crippen LogP contribution in [0.2, 0.25) is 10.0 Å². The minimum atomic E-state index is 0.310. The van der Waals surface area contributed by atoms with E-state index >= 15 is 0 Å². The van der Waals surface area contributed by atoms with E-state index in [9.17, 15) is 0 Å². The van der Waals surface area contributed by atoms with Gasteiger partial charge in [0, 0.05) is 46.0 Å².